The second kappa shape index (κ2) is 13.8. The second-order valence-corrected chi connectivity index (χ2v) is 10.0. The lowest BCUT2D eigenvalue weighted by atomic mass is 10.0. The van der Waals surface area contributed by atoms with Crippen LogP contribution in [0.15, 0.2) is 78.0 Å². The van der Waals surface area contributed by atoms with E-state index in [1.165, 1.54) is 5.56 Å². The van der Waals surface area contributed by atoms with Gasteiger partial charge in [-0.2, -0.15) is 0 Å². The zero-order chi connectivity index (χ0) is 27.6. The highest BCUT2D eigenvalue weighted by Crippen LogP contribution is 2.37. The van der Waals surface area contributed by atoms with Crippen LogP contribution in [0.4, 0.5) is 10.5 Å². The summed E-state index contributed by atoms with van der Waals surface area (Å²) in [6, 6.07) is 23.8. The van der Waals surface area contributed by atoms with Crippen LogP contribution in [0, 0.1) is 0 Å². The van der Waals surface area contributed by atoms with Crippen molar-refractivity contribution in [1.82, 2.24) is 14.9 Å². The monoisotopic (exact) mass is 544 g/mol. The smallest absolute Gasteiger partial charge is 0.319 e. The van der Waals surface area contributed by atoms with Crippen molar-refractivity contribution in [3.05, 3.63) is 78.4 Å². The lowest BCUT2D eigenvalue weighted by Crippen LogP contribution is -2.30. The molecule has 204 valence electrons. The Balaban J connectivity index is 1.53. The molecule has 7 nitrogen and oxygen atoms in total. The zero-order valence-corrected chi connectivity index (χ0v) is 23.8. The van der Waals surface area contributed by atoms with Crippen LogP contribution in [0.3, 0.4) is 0 Å². The fraction of sp³-hybridized carbons (Fsp3) is 0.290. The lowest BCUT2D eigenvalue weighted by molar-refractivity contribution is 0.252. The molecule has 0 bridgehead atoms. The van der Waals surface area contributed by atoms with Gasteiger partial charge >= 0.3 is 6.03 Å². The SMILES string of the molecule is CCCn1c(SCCNC(=O)Nc2ccc(CC)cc2)nc(-c2ccc(OC)cc2)c1-c1ccc(OC)cc1. The summed E-state index contributed by atoms with van der Waals surface area (Å²) in [5, 5.41) is 6.78. The number of carbonyl (C=O) groups is 1. The number of aryl methyl sites for hydroxylation is 1. The van der Waals surface area contributed by atoms with Crippen molar-refractivity contribution in [2.24, 2.45) is 0 Å². The molecule has 2 amide bonds. The van der Waals surface area contributed by atoms with E-state index in [1.807, 2.05) is 60.7 Å². The molecule has 0 aliphatic carbocycles. The molecule has 0 aliphatic heterocycles. The van der Waals surface area contributed by atoms with Crippen molar-refractivity contribution in [1.29, 1.82) is 0 Å². The summed E-state index contributed by atoms with van der Waals surface area (Å²) < 4.78 is 13.0. The number of imidazole rings is 1. The van der Waals surface area contributed by atoms with Crippen LogP contribution in [0.1, 0.15) is 25.8 Å². The number of hydrogen-bond donors (Lipinski definition) is 2. The first-order chi connectivity index (χ1) is 19.1. The normalized spacial score (nSPS) is 10.8. The Labute approximate surface area is 235 Å². The number of benzene rings is 3. The Hall–Kier alpha value is -3.91. The number of anilines is 1. The number of nitrogens with zero attached hydrogens (tertiary/aromatic N) is 2. The van der Waals surface area contributed by atoms with Crippen LogP contribution in [0.25, 0.3) is 22.5 Å². The number of hydrogen-bond acceptors (Lipinski definition) is 5. The molecule has 8 heteroatoms. The summed E-state index contributed by atoms with van der Waals surface area (Å²) in [7, 11) is 3.34. The minimum atomic E-state index is -0.213. The number of urea groups is 1. The number of aromatic nitrogens is 2. The quantitative estimate of drug-likeness (QED) is 0.147. The number of amides is 2. The van der Waals surface area contributed by atoms with Crippen LogP contribution in [0.2, 0.25) is 0 Å². The van der Waals surface area contributed by atoms with E-state index in [-0.39, 0.29) is 6.03 Å². The minimum absolute atomic E-state index is 0.213. The first-order valence-corrected chi connectivity index (χ1v) is 14.2. The topological polar surface area (TPSA) is 77.4 Å². The highest BCUT2D eigenvalue weighted by molar-refractivity contribution is 7.99. The van der Waals surface area contributed by atoms with Crippen molar-refractivity contribution < 1.29 is 14.3 Å². The van der Waals surface area contributed by atoms with Gasteiger partial charge in [0.2, 0.25) is 0 Å². The summed E-state index contributed by atoms with van der Waals surface area (Å²) in [5.41, 5.74) is 6.09. The van der Waals surface area contributed by atoms with Gasteiger partial charge in [-0.25, -0.2) is 9.78 Å². The molecular formula is C31H36N4O3S. The van der Waals surface area contributed by atoms with Crippen LogP contribution in [-0.2, 0) is 13.0 Å². The van der Waals surface area contributed by atoms with Crippen LogP contribution < -0.4 is 20.1 Å². The molecule has 0 saturated heterocycles. The zero-order valence-electron chi connectivity index (χ0n) is 23.0. The Morgan fingerprint density at radius 3 is 2.05 bits per heavy atom. The number of ether oxygens (including phenoxy) is 2. The molecule has 0 radical (unpaired) electrons. The fourth-order valence-electron chi connectivity index (χ4n) is 4.27. The number of thioether (sulfide) groups is 1. The molecule has 1 heterocycles. The fourth-order valence-corrected chi connectivity index (χ4v) is 5.15. The van der Waals surface area contributed by atoms with E-state index in [4.69, 9.17) is 14.5 Å². The van der Waals surface area contributed by atoms with Gasteiger partial charge in [0, 0.05) is 35.7 Å². The number of nitrogens with one attached hydrogen (secondary N) is 2. The Bertz CT molecular complexity index is 1350. The molecule has 0 unspecified atom stereocenters. The third-order valence-electron chi connectivity index (χ3n) is 6.35. The van der Waals surface area contributed by atoms with Gasteiger partial charge in [-0.1, -0.05) is 37.7 Å². The van der Waals surface area contributed by atoms with Crippen molar-refractivity contribution in [2.45, 2.75) is 38.4 Å². The van der Waals surface area contributed by atoms with E-state index in [0.29, 0.717) is 12.3 Å². The summed E-state index contributed by atoms with van der Waals surface area (Å²) in [6.07, 6.45) is 1.93. The van der Waals surface area contributed by atoms with Crippen molar-refractivity contribution in [3.8, 4) is 34.0 Å². The molecular weight excluding hydrogens is 508 g/mol. The molecule has 0 atom stereocenters. The minimum Gasteiger partial charge on any atom is -0.497 e. The van der Waals surface area contributed by atoms with E-state index in [1.54, 1.807) is 26.0 Å². The van der Waals surface area contributed by atoms with Crippen LogP contribution >= 0.6 is 11.8 Å². The third kappa shape index (κ3) is 7.15. The summed E-state index contributed by atoms with van der Waals surface area (Å²) in [4.78, 5) is 17.5. The predicted octanol–water partition coefficient (Wildman–Crippen LogP) is 7.12. The Morgan fingerprint density at radius 1 is 0.872 bits per heavy atom. The Kier molecular flexibility index (Phi) is 9.91. The van der Waals surface area contributed by atoms with Gasteiger partial charge in [0.25, 0.3) is 0 Å². The first-order valence-electron chi connectivity index (χ1n) is 13.2. The van der Waals surface area contributed by atoms with E-state index >= 15 is 0 Å². The largest absolute Gasteiger partial charge is 0.497 e. The van der Waals surface area contributed by atoms with Gasteiger partial charge in [-0.15, -0.1) is 0 Å². The maximum absolute atomic E-state index is 12.4. The summed E-state index contributed by atoms with van der Waals surface area (Å²) in [5.74, 6) is 2.30. The molecule has 1 aromatic heterocycles. The van der Waals surface area contributed by atoms with Crippen molar-refractivity contribution >= 4 is 23.5 Å². The van der Waals surface area contributed by atoms with Crippen molar-refractivity contribution in [3.63, 3.8) is 0 Å². The maximum atomic E-state index is 12.4. The average molecular weight is 545 g/mol. The standard InChI is InChI=1S/C31H36N4O3S/c1-5-20-35-29(24-11-17-27(38-4)18-12-24)28(23-9-15-26(37-3)16-10-23)34-31(35)39-21-19-32-30(36)33-25-13-7-22(6-2)8-14-25/h7-18H,5-6,19-21H2,1-4H3,(H2,32,33,36). The Morgan fingerprint density at radius 2 is 1.49 bits per heavy atom. The third-order valence-corrected chi connectivity index (χ3v) is 7.32. The molecule has 0 saturated carbocycles. The summed E-state index contributed by atoms with van der Waals surface area (Å²) >= 11 is 1.64. The highest BCUT2D eigenvalue weighted by Gasteiger charge is 2.20. The number of rotatable bonds is 12. The summed E-state index contributed by atoms with van der Waals surface area (Å²) in [6.45, 7) is 5.61. The molecule has 4 aromatic rings. The van der Waals surface area contributed by atoms with Gasteiger partial charge < -0.3 is 24.7 Å². The van der Waals surface area contributed by atoms with Gasteiger partial charge in [0.15, 0.2) is 5.16 Å². The molecule has 4 rings (SSSR count). The number of carbonyl (C=O) groups excluding carboxylic acids is 1. The van der Waals surface area contributed by atoms with Gasteiger partial charge in [-0.3, -0.25) is 0 Å². The maximum Gasteiger partial charge on any atom is 0.319 e. The lowest BCUT2D eigenvalue weighted by Gasteiger charge is -2.13. The van der Waals surface area contributed by atoms with E-state index in [0.717, 1.165) is 64.2 Å². The number of methoxy groups -OCH3 is 2. The molecule has 0 spiro atoms. The predicted molar refractivity (Wildman–Crippen MR) is 160 cm³/mol. The van der Waals surface area contributed by atoms with E-state index in [2.05, 4.69) is 41.2 Å². The van der Waals surface area contributed by atoms with Gasteiger partial charge in [0.1, 0.15) is 11.5 Å². The molecule has 3 aromatic carbocycles. The molecule has 2 N–H and O–H groups in total. The van der Waals surface area contributed by atoms with Gasteiger partial charge in [0.05, 0.1) is 25.6 Å². The van der Waals surface area contributed by atoms with Gasteiger partial charge in [-0.05, 0) is 79.1 Å². The van der Waals surface area contributed by atoms with Crippen LogP contribution in [0.5, 0.6) is 11.5 Å². The molecule has 0 aliphatic rings. The molecule has 39 heavy (non-hydrogen) atoms. The second-order valence-electron chi connectivity index (χ2n) is 8.98. The average Bonchev–Trinajstić information content (AvgIpc) is 3.33. The molecule has 0 fully saturated rings. The van der Waals surface area contributed by atoms with E-state index < -0.39 is 0 Å². The first kappa shape index (κ1) is 28.1. The van der Waals surface area contributed by atoms with E-state index in [9.17, 15) is 4.79 Å². The van der Waals surface area contributed by atoms with Crippen molar-refractivity contribution in [2.75, 3.05) is 31.8 Å². The van der Waals surface area contributed by atoms with Crippen LogP contribution in [-0.4, -0.2) is 42.1 Å². The highest BCUT2D eigenvalue weighted by atomic mass is 32.2.